The lowest BCUT2D eigenvalue weighted by Crippen LogP contribution is -2.31. The second-order valence-corrected chi connectivity index (χ2v) is 4.45. The van der Waals surface area contributed by atoms with Gasteiger partial charge >= 0.3 is 0 Å². The average molecular weight is 238 g/mol. The van der Waals surface area contributed by atoms with E-state index in [1.165, 1.54) is 0 Å². The highest BCUT2D eigenvalue weighted by atomic mass is 16.1. The van der Waals surface area contributed by atoms with Crippen molar-refractivity contribution in [3.8, 4) is 0 Å². The normalized spacial score (nSPS) is 10.8. The molecule has 96 valence electrons. The van der Waals surface area contributed by atoms with E-state index in [4.69, 9.17) is 0 Å². The number of carbonyl (C=O) groups excluding carboxylic acids is 1. The molecule has 5 nitrogen and oxygen atoms in total. The van der Waals surface area contributed by atoms with Crippen LogP contribution in [-0.2, 0) is 17.9 Å². The van der Waals surface area contributed by atoms with Gasteiger partial charge in [-0.3, -0.25) is 4.79 Å². The number of nitrogens with one attached hydrogen (secondary N) is 2. The molecule has 0 aliphatic carbocycles. The fourth-order valence-electron chi connectivity index (χ4n) is 1.42. The zero-order valence-electron chi connectivity index (χ0n) is 10.9. The van der Waals surface area contributed by atoms with E-state index in [0.717, 1.165) is 18.9 Å². The molecule has 1 amide bonds. The van der Waals surface area contributed by atoms with E-state index in [1.54, 1.807) is 6.20 Å². The standard InChI is InChI=1S/C12H22N4O/c1-4-13-8-11-14-5-6-16(11)9-12(17)15-7-10(2)3/h5-6,10,13H,4,7-9H2,1-3H3,(H,15,17). The Hall–Kier alpha value is -1.36. The second kappa shape index (κ2) is 7.06. The summed E-state index contributed by atoms with van der Waals surface area (Å²) in [7, 11) is 0. The van der Waals surface area contributed by atoms with Crippen molar-refractivity contribution >= 4 is 5.91 Å². The fraction of sp³-hybridized carbons (Fsp3) is 0.667. The minimum Gasteiger partial charge on any atom is -0.354 e. The van der Waals surface area contributed by atoms with Crippen LogP contribution in [0.1, 0.15) is 26.6 Å². The van der Waals surface area contributed by atoms with Crippen molar-refractivity contribution in [1.82, 2.24) is 20.2 Å². The van der Waals surface area contributed by atoms with Crippen molar-refractivity contribution in [3.05, 3.63) is 18.2 Å². The van der Waals surface area contributed by atoms with Crippen molar-refractivity contribution in [2.24, 2.45) is 5.92 Å². The van der Waals surface area contributed by atoms with E-state index < -0.39 is 0 Å². The summed E-state index contributed by atoms with van der Waals surface area (Å²) in [5, 5.41) is 6.10. The van der Waals surface area contributed by atoms with Gasteiger partial charge in [0, 0.05) is 18.9 Å². The summed E-state index contributed by atoms with van der Waals surface area (Å²) in [6, 6.07) is 0. The molecule has 0 fully saturated rings. The van der Waals surface area contributed by atoms with Crippen molar-refractivity contribution < 1.29 is 4.79 Å². The molecule has 0 aromatic carbocycles. The lowest BCUT2D eigenvalue weighted by Gasteiger charge is -2.10. The Kier molecular flexibility index (Phi) is 5.69. The molecule has 5 heteroatoms. The lowest BCUT2D eigenvalue weighted by atomic mass is 10.2. The van der Waals surface area contributed by atoms with E-state index in [0.29, 0.717) is 19.0 Å². The highest BCUT2D eigenvalue weighted by Gasteiger charge is 2.07. The zero-order chi connectivity index (χ0) is 12.7. The Labute approximate surface area is 103 Å². The van der Waals surface area contributed by atoms with Crippen LogP contribution in [-0.4, -0.2) is 28.5 Å². The highest BCUT2D eigenvalue weighted by molar-refractivity contribution is 5.75. The van der Waals surface area contributed by atoms with Gasteiger partial charge in [0.1, 0.15) is 12.4 Å². The highest BCUT2D eigenvalue weighted by Crippen LogP contribution is 1.97. The summed E-state index contributed by atoms with van der Waals surface area (Å²) >= 11 is 0. The van der Waals surface area contributed by atoms with E-state index in [1.807, 2.05) is 17.7 Å². The molecule has 0 aliphatic rings. The number of amides is 1. The first-order valence-electron chi connectivity index (χ1n) is 6.11. The van der Waals surface area contributed by atoms with E-state index in [9.17, 15) is 4.79 Å². The Morgan fingerprint density at radius 2 is 2.29 bits per heavy atom. The first-order valence-corrected chi connectivity index (χ1v) is 6.11. The number of nitrogens with zero attached hydrogens (tertiary/aromatic N) is 2. The van der Waals surface area contributed by atoms with Crippen LogP contribution in [0.15, 0.2) is 12.4 Å². The van der Waals surface area contributed by atoms with Gasteiger partial charge in [0.25, 0.3) is 0 Å². The van der Waals surface area contributed by atoms with Crippen LogP contribution < -0.4 is 10.6 Å². The average Bonchev–Trinajstić information content (AvgIpc) is 2.71. The molecule has 17 heavy (non-hydrogen) atoms. The molecule has 0 unspecified atom stereocenters. The molecule has 2 N–H and O–H groups in total. The van der Waals surface area contributed by atoms with Gasteiger partial charge in [0.05, 0.1) is 6.54 Å². The topological polar surface area (TPSA) is 59.0 Å². The fourth-order valence-corrected chi connectivity index (χ4v) is 1.42. The largest absolute Gasteiger partial charge is 0.354 e. The van der Waals surface area contributed by atoms with Gasteiger partial charge in [0.15, 0.2) is 0 Å². The third-order valence-corrected chi connectivity index (χ3v) is 2.36. The number of imidazole rings is 1. The first-order chi connectivity index (χ1) is 8.13. The number of carbonyl (C=O) groups is 1. The molecule has 0 radical (unpaired) electrons. The second-order valence-electron chi connectivity index (χ2n) is 4.45. The van der Waals surface area contributed by atoms with E-state index >= 15 is 0 Å². The predicted molar refractivity (Wildman–Crippen MR) is 67.5 cm³/mol. The quantitative estimate of drug-likeness (QED) is 0.737. The maximum Gasteiger partial charge on any atom is 0.239 e. The van der Waals surface area contributed by atoms with Gasteiger partial charge in [-0.1, -0.05) is 20.8 Å². The molecule has 1 aromatic heterocycles. The smallest absolute Gasteiger partial charge is 0.239 e. The predicted octanol–water partition coefficient (Wildman–Crippen LogP) is 0.765. The third kappa shape index (κ3) is 4.99. The molecule has 1 rings (SSSR count). The summed E-state index contributed by atoms with van der Waals surface area (Å²) in [4.78, 5) is 15.9. The minimum absolute atomic E-state index is 0.0365. The van der Waals surface area contributed by atoms with Crippen LogP contribution >= 0.6 is 0 Å². The molecule has 0 spiro atoms. The molecule has 0 aliphatic heterocycles. The van der Waals surface area contributed by atoms with Crippen LogP contribution in [0, 0.1) is 5.92 Å². The molecule has 1 aromatic rings. The Balaban J connectivity index is 2.44. The zero-order valence-corrected chi connectivity index (χ0v) is 10.9. The van der Waals surface area contributed by atoms with E-state index in [-0.39, 0.29) is 5.91 Å². The maximum atomic E-state index is 11.7. The summed E-state index contributed by atoms with van der Waals surface area (Å²) < 4.78 is 1.87. The number of hydrogen-bond acceptors (Lipinski definition) is 3. The third-order valence-electron chi connectivity index (χ3n) is 2.36. The molecular weight excluding hydrogens is 216 g/mol. The van der Waals surface area contributed by atoms with Gasteiger partial charge in [0.2, 0.25) is 5.91 Å². The van der Waals surface area contributed by atoms with Gasteiger partial charge in [-0.05, 0) is 12.5 Å². The van der Waals surface area contributed by atoms with Crippen molar-refractivity contribution in [1.29, 1.82) is 0 Å². The van der Waals surface area contributed by atoms with Crippen LogP contribution in [0.4, 0.5) is 0 Å². The van der Waals surface area contributed by atoms with Crippen LogP contribution in [0.2, 0.25) is 0 Å². The monoisotopic (exact) mass is 238 g/mol. The molecule has 0 saturated heterocycles. The van der Waals surface area contributed by atoms with Gasteiger partial charge in [-0.15, -0.1) is 0 Å². The number of aromatic nitrogens is 2. The molecule has 1 heterocycles. The van der Waals surface area contributed by atoms with Crippen LogP contribution in [0.5, 0.6) is 0 Å². The van der Waals surface area contributed by atoms with Gasteiger partial charge in [-0.2, -0.15) is 0 Å². The number of rotatable bonds is 7. The molecular formula is C12H22N4O. The summed E-state index contributed by atoms with van der Waals surface area (Å²) in [5.41, 5.74) is 0. The molecule has 0 saturated carbocycles. The van der Waals surface area contributed by atoms with Crippen LogP contribution in [0.25, 0.3) is 0 Å². The Morgan fingerprint density at radius 3 is 2.94 bits per heavy atom. The Bertz CT molecular complexity index is 346. The van der Waals surface area contributed by atoms with Gasteiger partial charge < -0.3 is 15.2 Å². The maximum absolute atomic E-state index is 11.7. The lowest BCUT2D eigenvalue weighted by molar-refractivity contribution is -0.121. The SMILES string of the molecule is CCNCc1nccn1CC(=O)NCC(C)C. The minimum atomic E-state index is 0.0365. The van der Waals surface area contributed by atoms with Crippen molar-refractivity contribution in [2.45, 2.75) is 33.9 Å². The van der Waals surface area contributed by atoms with Crippen LogP contribution in [0.3, 0.4) is 0 Å². The van der Waals surface area contributed by atoms with E-state index in [2.05, 4.69) is 29.5 Å². The molecule has 0 atom stereocenters. The first kappa shape index (κ1) is 13.7. The number of hydrogen-bond donors (Lipinski definition) is 2. The summed E-state index contributed by atoms with van der Waals surface area (Å²) in [6.45, 7) is 8.85. The Morgan fingerprint density at radius 1 is 1.53 bits per heavy atom. The summed E-state index contributed by atoms with van der Waals surface area (Å²) in [6.07, 6.45) is 3.56. The van der Waals surface area contributed by atoms with Crippen molar-refractivity contribution in [3.63, 3.8) is 0 Å². The van der Waals surface area contributed by atoms with Crippen molar-refractivity contribution in [2.75, 3.05) is 13.1 Å². The molecule has 0 bridgehead atoms. The van der Waals surface area contributed by atoms with Gasteiger partial charge in [-0.25, -0.2) is 4.98 Å². The summed E-state index contributed by atoms with van der Waals surface area (Å²) in [5.74, 6) is 1.41.